The first kappa shape index (κ1) is 20.6. The summed E-state index contributed by atoms with van der Waals surface area (Å²) in [6, 6.07) is 20.0. The van der Waals surface area contributed by atoms with Crippen molar-refractivity contribution in [1.82, 2.24) is 10.2 Å². The number of rotatable bonds is 5. The van der Waals surface area contributed by atoms with Gasteiger partial charge in [0.05, 0.1) is 6.04 Å². The fourth-order valence-corrected chi connectivity index (χ4v) is 3.43. The fraction of sp³-hybridized carbons (Fsp3) is 0.250. The molecule has 0 spiro atoms. The van der Waals surface area contributed by atoms with E-state index in [1.54, 1.807) is 0 Å². The van der Waals surface area contributed by atoms with Crippen LogP contribution in [-0.4, -0.2) is 37.4 Å². The number of likely N-dealkylation sites (N-methyl/N-ethyl adjacent to an activating group) is 1. The van der Waals surface area contributed by atoms with E-state index in [0.717, 1.165) is 27.5 Å². The molecule has 0 fully saturated rings. The summed E-state index contributed by atoms with van der Waals surface area (Å²) in [5.74, 6) is -1.30. The SMILES string of the molecule is Cc1ccc(C)c(NC(=O)C(=O)NC[C@@H](c2cccc3ccccc23)N(C)C)c1. The number of aryl methyl sites for hydroxylation is 2. The second-order valence-electron chi connectivity index (χ2n) is 7.53. The van der Waals surface area contributed by atoms with E-state index in [1.165, 1.54) is 0 Å². The van der Waals surface area contributed by atoms with Gasteiger partial charge in [0, 0.05) is 12.2 Å². The number of carbonyl (C=O) groups excluding carboxylic acids is 2. The topological polar surface area (TPSA) is 61.4 Å². The fourth-order valence-electron chi connectivity index (χ4n) is 3.43. The van der Waals surface area contributed by atoms with Gasteiger partial charge < -0.3 is 15.5 Å². The maximum Gasteiger partial charge on any atom is 0.313 e. The third-order valence-electron chi connectivity index (χ3n) is 5.11. The van der Waals surface area contributed by atoms with E-state index in [9.17, 15) is 9.59 Å². The molecule has 0 aliphatic rings. The Morgan fingerprint density at radius 3 is 2.41 bits per heavy atom. The summed E-state index contributed by atoms with van der Waals surface area (Å²) in [5.41, 5.74) is 3.71. The Hall–Kier alpha value is -3.18. The van der Waals surface area contributed by atoms with E-state index < -0.39 is 11.8 Å². The summed E-state index contributed by atoms with van der Waals surface area (Å²) in [4.78, 5) is 26.8. The molecule has 0 saturated carbocycles. The quantitative estimate of drug-likeness (QED) is 0.652. The van der Waals surface area contributed by atoms with Crippen LogP contribution in [0.5, 0.6) is 0 Å². The summed E-state index contributed by atoms with van der Waals surface area (Å²) < 4.78 is 0. The monoisotopic (exact) mass is 389 g/mol. The number of fused-ring (bicyclic) bond motifs is 1. The van der Waals surface area contributed by atoms with Crippen LogP contribution < -0.4 is 10.6 Å². The predicted octanol–water partition coefficient (Wildman–Crippen LogP) is 3.81. The first-order valence-corrected chi connectivity index (χ1v) is 9.67. The molecule has 150 valence electrons. The van der Waals surface area contributed by atoms with Crippen LogP contribution in [0.1, 0.15) is 22.7 Å². The van der Waals surface area contributed by atoms with Gasteiger partial charge in [0.2, 0.25) is 0 Å². The molecule has 0 bridgehead atoms. The largest absolute Gasteiger partial charge is 0.346 e. The van der Waals surface area contributed by atoms with E-state index in [2.05, 4.69) is 34.9 Å². The average Bonchev–Trinajstić information content (AvgIpc) is 2.70. The maximum atomic E-state index is 12.4. The Balaban J connectivity index is 1.72. The predicted molar refractivity (Wildman–Crippen MR) is 118 cm³/mol. The number of nitrogens with zero attached hydrogens (tertiary/aromatic N) is 1. The molecule has 5 nitrogen and oxygen atoms in total. The van der Waals surface area contributed by atoms with Crippen LogP contribution in [0.25, 0.3) is 10.8 Å². The molecule has 2 amide bonds. The lowest BCUT2D eigenvalue weighted by atomic mass is 9.98. The van der Waals surface area contributed by atoms with Crippen molar-refractivity contribution in [2.45, 2.75) is 19.9 Å². The molecule has 0 saturated heterocycles. The summed E-state index contributed by atoms with van der Waals surface area (Å²) in [6.45, 7) is 4.18. The van der Waals surface area contributed by atoms with Gasteiger partial charge in [-0.3, -0.25) is 9.59 Å². The third kappa shape index (κ3) is 4.81. The van der Waals surface area contributed by atoms with E-state index in [0.29, 0.717) is 12.2 Å². The van der Waals surface area contributed by atoms with Crippen molar-refractivity contribution in [3.05, 3.63) is 77.4 Å². The van der Waals surface area contributed by atoms with Gasteiger partial charge in [-0.2, -0.15) is 0 Å². The van der Waals surface area contributed by atoms with Crippen molar-refractivity contribution in [3.63, 3.8) is 0 Å². The van der Waals surface area contributed by atoms with E-state index >= 15 is 0 Å². The molecule has 0 aliphatic carbocycles. The molecule has 1 atom stereocenters. The van der Waals surface area contributed by atoms with E-state index in [-0.39, 0.29) is 6.04 Å². The van der Waals surface area contributed by atoms with Gasteiger partial charge in [0.15, 0.2) is 0 Å². The highest BCUT2D eigenvalue weighted by atomic mass is 16.2. The van der Waals surface area contributed by atoms with Crippen LogP contribution in [0.4, 0.5) is 5.69 Å². The van der Waals surface area contributed by atoms with Gasteiger partial charge in [-0.05, 0) is 61.5 Å². The Bertz CT molecular complexity index is 1040. The zero-order valence-corrected chi connectivity index (χ0v) is 17.3. The van der Waals surface area contributed by atoms with Crippen LogP contribution in [0.3, 0.4) is 0 Å². The molecule has 2 N–H and O–H groups in total. The maximum absolute atomic E-state index is 12.4. The Labute approximate surface area is 171 Å². The molecule has 0 aliphatic heterocycles. The molecule has 0 heterocycles. The molecule has 5 heteroatoms. The lowest BCUT2D eigenvalue weighted by Crippen LogP contribution is -2.40. The highest BCUT2D eigenvalue weighted by molar-refractivity contribution is 6.39. The molecule has 0 unspecified atom stereocenters. The highest BCUT2D eigenvalue weighted by Gasteiger charge is 2.20. The number of anilines is 1. The van der Waals surface area contributed by atoms with Crippen molar-refractivity contribution >= 4 is 28.3 Å². The van der Waals surface area contributed by atoms with Crippen LogP contribution >= 0.6 is 0 Å². The second-order valence-corrected chi connectivity index (χ2v) is 7.53. The molecule has 29 heavy (non-hydrogen) atoms. The van der Waals surface area contributed by atoms with Crippen LogP contribution in [0.15, 0.2) is 60.7 Å². The number of benzene rings is 3. The minimum atomic E-state index is -0.658. The third-order valence-corrected chi connectivity index (χ3v) is 5.11. The summed E-state index contributed by atoms with van der Waals surface area (Å²) in [6.07, 6.45) is 0. The van der Waals surface area contributed by atoms with Crippen LogP contribution in [-0.2, 0) is 9.59 Å². The molecule has 3 aromatic rings. The van der Waals surface area contributed by atoms with Crippen LogP contribution in [0.2, 0.25) is 0 Å². The molecular weight excluding hydrogens is 362 g/mol. The molecule has 3 aromatic carbocycles. The van der Waals surface area contributed by atoms with E-state index in [4.69, 9.17) is 0 Å². The van der Waals surface area contributed by atoms with Gasteiger partial charge in [-0.1, -0.05) is 54.6 Å². The first-order valence-electron chi connectivity index (χ1n) is 9.67. The van der Waals surface area contributed by atoms with Crippen LogP contribution in [0, 0.1) is 13.8 Å². The van der Waals surface area contributed by atoms with Gasteiger partial charge in [0.25, 0.3) is 0 Å². The van der Waals surface area contributed by atoms with Gasteiger partial charge in [0.1, 0.15) is 0 Å². The van der Waals surface area contributed by atoms with Crippen molar-refractivity contribution in [2.75, 3.05) is 26.0 Å². The number of hydrogen-bond donors (Lipinski definition) is 2. The lowest BCUT2D eigenvalue weighted by Gasteiger charge is -2.26. The summed E-state index contributed by atoms with van der Waals surface area (Å²) in [7, 11) is 3.93. The molecule has 0 aromatic heterocycles. The van der Waals surface area contributed by atoms with Gasteiger partial charge in [-0.15, -0.1) is 0 Å². The van der Waals surface area contributed by atoms with Gasteiger partial charge >= 0.3 is 11.8 Å². The van der Waals surface area contributed by atoms with Crippen molar-refractivity contribution in [2.24, 2.45) is 0 Å². The summed E-state index contributed by atoms with van der Waals surface area (Å²) in [5, 5.41) is 7.79. The normalized spacial score (nSPS) is 12.0. The zero-order valence-electron chi connectivity index (χ0n) is 17.3. The number of carbonyl (C=O) groups is 2. The zero-order chi connectivity index (χ0) is 21.0. The minimum absolute atomic E-state index is 0.0569. The van der Waals surface area contributed by atoms with Crippen molar-refractivity contribution in [3.8, 4) is 0 Å². The van der Waals surface area contributed by atoms with E-state index in [1.807, 2.05) is 69.2 Å². The minimum Gasteiger partial charge on any atom is -0.346 e. The molecule has 3 rings (SSSR count). The number of hydrogen-bond acceptors (Lipinski definition) is 3. The number of amides is 2. The standard InChI is InChI=1S/C24H27N3O2/c1-16-12-13-17(2)21(14-16)26-24(29)23(28)25-15-22(27(3)4)20-11-7-9-18-8-5-6-10-19(18)20/h5-14,22H,15H2,1-4H3,(H,25,28)(H,26,29)/t22-/m0/s1. The lowest BCUT2D eigenvalue weighted by molar-refractivity contribution is -0.136. The average molecular weight is 389 g/mol. The first-order chi connectivity index (χ1) is 13.9. The second kappa shape index (κ2) is 8.88. The molecule has 0 radical (unpaired) electrons. The highest BCUT2D eigenvalue weighted by Crippen LogP contribution is 2.26. The molecular formula is C24H27N3O2. The Kier molecular flexibility index (Phi) is 6.29. The summed E-state index contributed by atoms with van der Waals surface area (Å²) >= 11 is 0. The Morgan fingerprint density at radius 2 is 1.66 bits per heavy atom. The number of nitrogens with one attached hydrogen (secondary N) is 2. The van der Waals surface area contributed by atoms with Crippen molar-refractivity contribution in [1.29, 1.82) is 0 Å². The van der Waals surface area contributed by atoms with Crippen molar-refractivity contribution < 1.29 is 9.59 Å². The Morgan fingerprint density at radius 1 is 0.931 bits per heavy atom. The van der Waals surface area contributed by atoms with Gasteiger partial charge in [-0.25, -0.2) is 0 Å². The smallest absolute Gasteiger partial charge is 0.313 e.